The molecule has 0 fully saturated rings. The van der Waals surface area contributed by atoms with Gasteiger partial charge in [-0.25, -0.2) is 4.79 Å². The fraction of sp³-hybridized carbons (Fsp3) is 0.438. The summed E-state index contributed by atoms with van der Waals surface area (Å²) in [6.07, 6.45) is 0.511. The van der Waals surface area contributed by atoms with Crippen LogP contribution in [0.15, 0.2) is 24.3 Å². The van der Waals surface area contributed by atoms with Crippen molar-refractivity contribution in [1.29, 1.82) is 0 Å². The monoisotopic (exact) mass is 307 g/mol. The van der Waals surface area contributed by atoms with E-state index in [0.29, 0.717) is 24.0 Å². The lowest BCUT2D eigenvalue weighted by atomic mass is 9.99. The lowest BCUT2D eigenvalue weighted by Gasteiger charge is -2.22. The molecule has 6 heteroatoms. The quantitative estimate of drug-likeness (QED) is 0.715. The summed E-state index contributed by atoms with van der Waals surface area (Å²) < 4.78 is 5.45. The number of benzene rings is 1. The van der Waals surface area contributed by atoms with Crippen molar-refractivity contribution in [1.82, 2.24) is 5.32 Å². The SMILES string of the molecule is CCC(C)C(NC(=O)C(C)Oc1ccc(C=O)cc1)C(=O)O. The van der Waals surface area contributed by atoms with Gasteiger partial charge in [-0.1, -0.05) is 20.3 Å². The first-order chi connectivity index (χ1) is 10.4. The summed E-state index contributed by atoms with van der Waals surface area (Å²) in [5, 5.41) is 11.7. The average Bonchev–Trinajstić information content (AvgIpc) is 2.51. The van der Waals surface area contributed by atoms with Crippen LogP contribution in [0.5, 0.6) is 5.75 Å². The van der Waals surface area contributed by atoms with Crippen LogP contribution in [0.1, 0.15) is 37.6 Å². The van der Waals surface area contributed by atoms with Crippen LogP contribution in [0, 0.1) is 5.92 Å². The molecule has 1 amide bonds. The van der Waals surface area contributed by atoms with Crippen LogP contribution >= 0.6 is 0 Å². The highest BCUT2D eigenvalue weighted by atomic mass is 16.5. The van der Waals surface area contributed by atoms with E-state index in [2.05, 4.69) is 5.32 Å². The van der Waals surface area contributed by atoms with Gasteiger partial charge < -0.3 is 15.2 Å². The number of amides is 1. The lowest BCUT2D eigenvalue weighted by Crippen LogP contribution is -2.49. The maximum atomic E-state index is 12.1. The molecule has 1 rings (SSSR count). The molecule has 0 heterocycles. The first-order valence-corrected chi connectivity index (χ1v) is 7.14. The van der Waals surface area contributed by atoms with Gasteiger partial charge in [0.1, 0.15) is 18.1 Å². The maximum Gasteiger partial charge on any atom is 0.326 e. The summed E-state index contributed by atoms with van der Waals surface area (Å²) in [7, 11) is 0. The second-order valence-corrected chi connectivity index (χ2v) is 5.16. The molecule has 0 aliphatic carbocycles. The highest BCUT2D eigenvalue weighted by Crippen LogP contribution is 2.14. The molecular weight excluding hydrogens is 286 g/mol. The fourth-order valence-electron chi connectivity index (χ4n) is 1.84. The molecule has 0 aliphatic heterocycles. The van der Waals surface area contributed by atoms with Crippen molar-refractivity contribution in [2.75, 3.05) is 0 Å². The van der Waals surface area contributed by atoms with Crippen molar-refractivity contribution in [2.24, 2.45) is 5.92 Å². The summed E-state index contributed by atoms with van der Waals surface area (Å²) in [4.78, 5) is 33.8. The van der Waals surface area contributed by atoms with Crippen LogP contribution < -0.4 is 10.1 Å². The van der Waals surface area contributed by atoms with E-state index in [9.17, 15) is 14.4 Å². The van der Waals surface area contributed by atoms with Crippen molar-refractivity contribution in [2.45, 2.75) is 39.3 Å². The lowest BCUT2D eigenvalue weighted by molar-refractivity contribution is -0.144. The Balaban J connectivity index is 2.66. The van der Waals surface area contributed by atoms with Crippen molar-refractivity contribution in [3.05, 3.63) is 29.8 Å². The number of hydrogen-bond donors (Lipinski definition) is 2. The first kappa shape index (κ1) is 17.7. The van der Waals surface area contributed by atoms with Crippen molar-refractivity contribution >= 4 is 18.2 Å². The van der Waals surface area contributed by atoms with Crippen LogP contribution in [0.25, 0.3) is 0 Å². The molecule has 2 N–H and O–H groups in total. The van der Waals surface area contributed by atoms with Crippen molar-refractivity contribution in [3.63, 3.8) is 0 Å². The van der Waals surface area contributed by atoms with Crippen LogP contribution in [0.3, 0.4) is 0 Å². The Hall–Kier alpha value is -2.37. The first-order valence-electron chi connectivity index (χ1n) is 7.14. The van der Waals surface area contributed by atoms with E-state index in [1.54, 1.807) is 38.1 Å². The summed E-state index contributed by atoms with van der Waals surface area (Å²) in [6, 6.07) is 5.37. The molecule has 1 aromatic rings. The van der Waals surface area contributed by atoms with E-state index in [0.717, 1.165) is 0 Å². The number of hydrogen-bond acceptors (Lipinski definition) is 4. The minimum absolute atomic E-state index is 0.180. The van der Waals surface area contributed by atoms with Crippen LogP contribution in [-0.4, -0.2) is 35.4 Å². The van der Waals surface area contributed by atoms with Crippen LogP contribution in [-0.2, 0) is 9.59 Å². The van der Waals surface area contributed by atoms with Crippen molar-refractivity contribution < 1.29 is 24.2 Å². The highest BCUT2D eigenvalue weighted by Gasteiger charge is 2.27. The van der Waals surface area contributed by atoms with E-state index in [1.165, 1.54) is 0 Å². The summed E-state index contributed by atoms with van der Waals surface area (Å²) in [6.45, 7) is 5.17. The van der Waals surface area contributed by atoms with Crippen molar-refractivity contribution in [3.8, 4) is 5.75 Å². The zero-order valence-corrected chi connectivity index (χ0v) is 12.9. The Labute approximate surface area is 129 Å². The number of carbonyl (C=O) groups excluding carboxylic acids is 2. The summed E-state index contributed by atoms with van der Waals surface area (Å²) in [5.74, 6) is -1.30. The smallest absolute Gasteiger partial charge is 0.326 e. The largest absolute Gasteiger partial charge is 0.481 e. The zero-order valence-electron chi connectivity index (χ0n) is 12.9. The number of rotatable bonds is 8. The zero-order chi connectivity index (χ0) is 16.7. The van der Waals surface area contributed by atoms with Gasteiger partial charge in [0.05, 0.1) is 0 Å². The highest BCUT2D eigenvalue weighted by molar-refractivity contribution is 5.86. The van der Waals surface area contributed by atoms with Gasteiger partial charge in [0.15, 0.2) is 6.10 Å². The fourth-order valence-corrected chi connectivity index (χ4v) is 1.84. The van der Waals surface area contributed by atoms with Crippen LogP contribution in [0.4, 0.5) is 0 Å². The Kier molecular flexibility index (Phi) is 6.56. The standard InChI is InChI=1S/C16H21NO5/c1-4-10(2)14(16(20)21)17-15(19)11(3)22-13-7-5-12(9-18)6-8-13/h5-11,14H,4H2,1-3H3,(H,17,19)(H,20,21). The molecule has 0 aliphatic rings. The molecular formula is C16H21NO5. The van der Waals surface area contributed by atoms with E-state index < -0.39 is 24.0 Å². The number of nitrogens with one attached hydrogen (secondary N) is 1. The molecule has 0 bridgehead atoms. The number of aldehydes is 1. The normalized spacial score (nSPS) is 14.5. The second-order valence-electron chi connectivity index (χ2n) is 5.16. The van der Waals surface area contributed by atoms with E-state index >= 15 is 0 Å². The van der Waals surface area contributed by atoms with E-state index in [4.69, 9.17) is 9.84 Å². The molecule has 3 unspecified atom stereocenters. The van der Waals surface area contributed by atoms with Gasteiger partial charge in [-0.3, -0.25) is 9.59 Å². The van der Waals surface area contributed by atoms with E-state index in [-0.39, 0.29) is 5.92 Å². The molecule has 3 atom stereocenters. The summed E-state index contributed by atoms with van der Waals surface area (Å²) in [5.41, 5.74) is 0.507. The molecule has 0 radical (unpaired) electrons. The third-order valence-corrected chi connectivity index (χ3v) is 3.48. The molecule has 120 valence electrons. The van der Waals surface area contributed by atoms with Gasteiger partial charge in [0, 0.05) is 5.56 Å². The minimum Gasteiger partial charge on any atom is -0.481 e. The van der Waals surface area contributed by atoms with Gasteiger partial charge in [-0.15, -0.1) is 0 Å². The Bertz CT molecular complexity index is 526. The second kappa shape index (κ2) is 8.17. The summed E-state index contributed by atoms with van der Waals surface area (Å²) >= 11 is 0. The number of carbonyl (C=O) groups is 3. The Morgan fingerprint density at radius 2 is 1.86 bits per heavy atom. The van der Waals surface area contributed by atoms with Gasteiger partial charge in [0.2, 0.25) is 0 Å². The molecule has 0 saturated heterocycles. The number of ether oxygens (including phenoxy) is 1. The van der Waals surface area contributed by atoms with Gasteiger partial charge in [-0.2, -0.15) is 0 Å². The molecule has 22 heavy (non-hydrogen) atoms. The molecule has 0 saturated carbocycles. The maximum absolute atomic E-state index is 12.1. The van der Waals surface area contributed by atoms with Crippen LogP contribution in [0.2, 0.25) is 0 Å². The minimum atomic E-state index is -1.06. The average molecular weight is 307 g/mol. The topological polar surface area (TPSA) is 92.7 Å². The Morgan fingerprint density at radius 1 is 1.27 bits per heavy atom. The third kappa shape index (κ3) is 4.87. The predicted molar refractivity (Wildman–Crippen MR) is 80.9 cm³/mol. The van der Waals surface area contributed by atoms with Gasteiger partial charge in [-0.05, 0) is 37.1 Å². The van der Waals surface area contributed by atoms with Gasteiger partial charge >= 0.3 is 5.97 Å². The van der Waals surface area contributed by atoms with E-state index in [1.807, 2.05) is 6.92 Å². The number of carboxylic acids is 1. The third-order valence-electron chi connectivity index (χ3n) is 3.48. The molecule has 1 aromatic carbocycles. The Morgan fingerprint density at radius 3 is 2.32 bits per heavy atom. The number of carboxylic acid groups (broad SMARTS) is 1. The van der Waals surface area contributed by atoms with Gasteiger partial charge in [0.25, 0.3) is 5.91 Å². The molecule has 0 aromatic heterocycles. The predicted octanol–water partition coefficient (Wildman–Crippen LogP) is 1.88. The molecule has 0 spiro atoms. The number of aliphatic carboxylic acids is 1. The molecule has 6 nitrogen and oxygen atoms in total.